The van der Waals surface area contributed by atoms with E-state index in [2.05, 4.69) is 4.72 Å². The van der Waals surface area contributed by atoms with Crippen LogP contribution in [0.2, 0.25) is 0 Å². The van der Waals surface area contributed by atoms with Gasteiger partial charge in [0.1, 0.15) is 0 Å². The van der Waals surface area contributed by atoms with Crippen LogP contribution < -0.4 is 9.03 Å². The highest BCUT2D eigenvalue weighted by molar-refractivity contribution is 7.92. The molecule has 1 aromatic rings. The zero-order valence-electron chi connectivity index (χ0n) is 11.4. The third kappa shape index (κ3) is 3.63. The van der Waals surface area contributed by atoms with Crippen molar-refractivity contribution in [2.75, 3.05) is 21.0 Å². The minimum Gasteiger partial charge on any atom is -0.284 e. The zero-order valence-corrected chi connectivity index (χ0v) is 13.0. The van der Waals surface area contributed by atoms with E-state index in [0.29, 0.717) is 11.4 Å². The Balaban J connectivity index is 2.23. The smallest absolute Gasteiger partial charge is 0.232 e. The summed E-state index contributed by atoms with van der Waals surface area (Å²) in [4.78, 5) is 0. The van der Waals surface area contributed by atoms with E-state index >= 15 is 0 Å². The molecule has 0 aromatic heterocycles. The molecule has 8 heteroatoms. The molecular formula is C12H18N2O4S2. The molecule has 0 radical (unpaired) electrons. The lowest BCUT2D eigenvalue weighted by atomic mass is 10.3. The lowest BCUT2D eigenvalue weighted by Crippen LogP contribution is -2.31. The molecule has 6 nitrogen and oxygen atoms in total. The molecule has 0 unspecified atom stereocenters. The van der Waals surface area contributed by atoms with Gasteiger partial charge in [-0.1, -0.05) is 0 Å². The van der Waals surface area contributed by atoms with Crippen molar-refractivity contribution < 1.29 is 16.8 Å². The Morgan fingerprint density at radius 3 is 2.10 bits per heavy atom. The number of benzene rings is 1. The third-order valence-corrected chi connectivity index (χ3v) is 5.54. The quantitative estimate of drug-likeness (QED) is 0.859. The van der Waals surface area contributed by atoms with Crippen molar-refractivity contribution in [3.8, 4) is 0 Å². The molecule has 0 atom stereocenters. The Bertz CT molecular complexity index is 677. The number of sulfonamides is 2. The van der Waals surface area contributed by atoms with E-state index in [4.69, 9.17) is 0 Å². The van der Waals surface area contributed by atoms with Crippen LogP contribution in [0.1, 0.15) is 19.8 Å². The van der Waals surface area contributed by atoms with Gasteiger partial charge < -0.3 is 0 Å². The maximum atomic E-state index is 11.8. The predicted octanol–water partition coefficient (Wildman–Crippen LogP) is 1.38. The molecule has 1 saturated carbocycles. The molecule has 0 amide bonds. The standard InChI is InChI=1S/C12H18N2O4S2/c1-3-20(17,18)13-10-4-6-11(7-5-10)14(12-8-9-12)19(2,15)16/h4-7,12-13H,3,8-9H2,1-2H3. The largest absolute Gasteiger partial charge is 0.284 e. The van der Waals surface area contributed by atoms with Gasteiger partial charge in [-0.2, -0.15) is 0 Å². The normalized spacial score (nSPS) is 15.9. The van der Waals surface area contributed by atoms with E-state index < -0.39 is 20.0 Å². The number of anilines is 2. The zero-order chi connectivity index (χ0) is 15.0. The number of nitrogens with one attached hydrogen (secondary N) is 1. The Morgan fingerprint density at radius 1 is 1.15 bits per heavy atom. The second-order valence-corrected chi connectivity index (χ2v) is 8.71. The highest BCUT2D eigenvalue weighted by Gasteiger charge is 2.35. The van der Waals surface area contributed by atoms with Gasteiger partial charge in [-0.25, -0.2) is 16.8 Å². The van der Waals surface area contributed by atoms with E-state index in [0.717, 1.165) is 12.8 Å². The minimum absolute atomic E-state index is 0.00765. The van der Waals surface area contributed by atoms with E-state index in [9.17, 15) is 16.8 Å². The van der Waals surface area contributed by atoms with Crippen molar-refractivity contribution in [3.63, 3.8) is 0 Å². The highest BCUT2D eigenvalue weighted by Crippen LogP contribution is 2.34. The Hall–Kier alpha value is -1.28. The average molecular weight is 318 g/mol. The summed E-state index contributed by atoms with van der Waals surface area (Å²) in [5, 5.41) is 0. The van der Waals surface area contributed by atoms with Gasteiger partial charge in [0.25, 0.3) is 0 Å². The van der Waals surface area contributed by atoms with Gasteiger partial charge in [-0.05, 0) is 44.0 Å². The molecule has 1 fully saturated rings. The van der Waals surface area contributed by atoms with Crippen molar-refractivity contribution in [1.82, 2.24) is 0 Å². The maximum absolute atomic E-state index is 11.8. The van der Waals surface area contributed by atoms with E-state index in [1.54, 1.807) is 31.2 Å². The molecule has 0 heterocycles. The topological polar surface area (TPSA) is 83.6 Å². The van der Waals surface area contributed by atoms with Gasteiger partial charge in [0.15, 0.2) is 0 Å². The fraction of sp³-hybridized carbons (Fsp3) is 0.500. The fourth-order valence-corrected chi connectivity index (χ4v) is 3.81. The average Bonchev–Trinajstić information content (AvgIpc) is 3.14. The first-order valence-electron chi connectivity index (χ1n) is 6.33. The van der Waals surface area contributed by atoms with Gasteiger partial charge in [-0.15, -0.1) is 0 Å². The molecule has 1 aliphatic rings. The van der Waals surface area contributed by atoms with Gasteiger partial charge in [0, 0.05) is 11.7 Å². The van der Waals surface area contributed by atoms with Crippen molar-refractivity contribution in [2.24, 2.45) is 0 Å². The third-order valence-electron chi connectivity index (χ3n) is 3.01. The first-order valence-corrected chi connectivity index (χ1v) is 9.83. The molecular weight excluding hydrogens is 300 g/mol. The molecule has 0 aliphatic heterocycles. The molecule has 0 saturated heterocycles. The summed E-state index contributed by atoms with van der Waals surface area (Å²) < 4.78 is 50.3. The van der Waals surface area contributed by atoms with Crippen LogP contribution in [0.25, 0.3) is 0 Å². The molecule has 1 aromatic carbocycles. The Morgan fingerprint density at radius 2 is 1.70 bits per heavy atom. The molecule has 0 spiro atoms. The minimum atomic E-state index is -3.32. The first-order chi connectivity index (χ1) is 9.23. The van der Waals surface area contributed by atoms with E-state index in [1.807, 2.05) is 0 Å². The summed E-state index contributed by atoms with van der Waals surface area (Å²) in [5.41, 5.74) is 0.995. The van der Waals surface area contributed by atoms with Crippen LogP contribution in [0.15, 0.2) is 24.3 Å². The Kier molecular flexibility index (Phi) is 3.97. The maximum Gasteiger partial charge on any atom is 0.232 e. The summed E-state index contributed by atoms with van der Waals surface area (Å²) >= 11 is 0. The summed E-state index contributed by atoms with van der Waals surface area (Å²) in [6.07, 6.45) is 2.90. The predicted molar refractivity (Wildman–Crippen MR) is 79.9 cm³/mol. The van der Waals surface area contributed by atoms with Crippen molar-refractivity contribution in [2.45, 2.75) is 25.8 Å². The van der Waals surface area contributed by atoms with Crippen LogP contribution in [0, 0.1) is 0 Å². The number of nitrogens with zero attached hydrogens (tertiary/aromatic N) is 1. The van der Waals surface area contributed by atoms with Crippen molar-refractivity contribution in [1.29, 1.82) is 0 Å². The lowest BCUT2D eigenvalue weighted by Gasteiger charge is -2.22. The molecule has 2 rings (SSSR count). The lowest BCUT2D eigenvalue weighted by molar-refractivity contribution is 0.595. The first kappa shape index (κ1) is 15.1. The summed E-state index contributed by atoms with van der Waals surface area (Å²) in [7, 11) is -6.63. The van der Waals surface area contributed by atoms with Crippen LogP contribution in [-0.2, 0) is 20.0 Å². The van der Waals surface area contributed by atoms with E-state index in [1.165, 1.54) is 10.6 Å². The molecule has 1 N–H and O–H groups in total. The van der Waals surface area contributed by atoms with Crippen LogP contribution in [0.5, 0.6) is 0 Å². The van der Waals surface area contributed by atoms with Crippen molar-refractivity contribution in [3.05, 3.63) is 24.3 Å². The van der Waals surface area contributed by atoms with Crippen LogP contribution in [0.4, 0.5) is 11.4 Å². The van der Waals surface area contributed by atoms with Crippen LogP contribution in [0.3, 0.4) is 0 Å². The van der Waals surface area contributed by atoms with Crippen molar-refractivity contribution >= 4 is 31.4 Å². The summed E-state index contributed by atoms with van der Waals surface area (Å²) in [5.74, 6) is -0.00765. The fourth-order valence-electron chi connectivity index (χ4n) is 1.91. The number of rotatable bonds is 6. The van der Waals surface area contributed by atoms with Gasteiger partial charge in [0.2, 0.25) is 20.0 Å². The second kappa shape index (κ2) is 5.25. The second-order valence-electron chi connectivity index (χ2n) is 4.84. The van der Waals surface area contributed by atoms with E-state index in [-0.39, 0.29) is 11.8 Å². The summed E-state index contributed by atoms with van der Waals surface area (Å²) in [6.45, 7) is 1.55. The molecule has 112 valence electrons. The molecule has 20 heavy (non-hydrogen) atoms. The highest BCUT2D eigenvalue weighted by atomic mass is 32.2. The van der Waals surface area contributed by atoms with Crippen LogP contribution >= 0.6 is 0 Å². The molecule has 1 aliphatic carbocycles. The summed E-state index contributed by atoms with van der Waals surface area (Å²) in [6, 6.07) is 6.41. The van der Waals surface area contributed by atoms with Crippen LogP contribution in [-0.4, -0.2) is 34.9 Å². The van der Waals surface area contributed by atoms with Gasteiger partial charge in [0.05, 0.1) is 17.7 Å². The van der Waals surface area contributed by atoms with Gasteiger partial charge >= 0.3 is 0 Å². The van der Waals surface area contributed by atoms with Gasteiger partial charge in [-0.3, -0.25) is 9.03 Å². The Labute approximate surface area is 119 Å². The monoisotopic (exact) mass is 318 g/mol. The SMILES string of the molecule is CCS(=O)(=O)Nc1ccc(N(C2CC2)S(C)(=O)=O)cc1. The molecule has 0 bridgehead atoms. The number of hydrogen-bond acceptors (Lipinski definition) is 4. The number of hydrogen-bond donors (Lipinski definition) is 1.